The van der Waals surface area contributed by atoms with Crippen LogP contribution in [0.25, 0.3) is 11.0 Å². The van der Waals surface area contributed by atoms with Crippen LogP contribution in [0.5, 0.6) is 11.5 Å². The maximum Gasteiger partial charge on any atom is 0.306 e. The summed E-state index contributed by atoms with van der Waals surface area (Å²) in [4.78, 5) is 23.2. The number of ketones is 1. The summed E-state index contributed by atoms with van der Waals surface area (Å²) in [6.07, 6.45) is 0.308. The quantitative estimate of drug-likeness (QED) is 0.791. The van der Waals surface area contributed by atoms with Gasteiger partial charge in [-0.3, -0.25) is 9.59 Å². The molecular weight excluding hydrogens is 288 g/mol. The van der Waals surface area contributed by atoms with E-state index in [1.165, 1.54) is 14.2 Å². The number of benzene rings is 1. The molecule has 0 fully saturated rings. The van der Waals surface area contributed by atoms with Gasteiger partial charge in [0, 0.05) is 17.9 Å². The summed E-state index contributed by atoms with van der Waals surface area (Å²) < 4.78 is 15.9. The van der Waals surface area contributed by atoms with Crippen LogP contribution in [0, 0.1) is 5.92 Å². The van der Waals surface area contributed by atoms with E-state index in [9.17, 15) is 9.59 Å². The number of carbonyl (C=O) groups excluding carboxylic acids is 1. The van der Waals surface area contributed by atoms with E-state index < -0.39 is 11.9 Å². The van der Waals surface area contributed by atoms with Crippen molar-refractivity contribution in [3.63, 3.8) is 0 Å². The van der Waals surface area contributed by atoms with Crippen molar-refractivity contribution in [1.29, 1.82) is 0 Å². The molecule has 1 N–H and O–H groups in total. The Labute approximate surface area is 127 Å². The highest BCUT2D eigenvalue weighted by molar-refractivity contribution is 5.99. The molecule has 6 nitrogen and oxygen atoms in total. The van der Waals surface area contributed by atoms with Gasteiger partial charge in [-0.15, -0.1) is 0 Å². The minimum Gasteiger partial charge on any atom is -0.493 e. The molecule has 0 saturated carbocycles. The van der Waals surface area contributed by atoms with Crippen molar-refractivity contribution in [3.8, 4) is 11.5 Å². The van der Waals surface area contributed by atoms with Gasteiger partial charge in [0.25, 0.3) is 0 Å². The third-order valence-electron chi connectivity index (χ3n) is 3.57. The maximum absolute atomic E-state index is 12.2. The number of methoxy groups -OCH3 is 2. The summed E-state index contributed by atoms with van der Waals surface area (Å²) in [5, 5.41) is 9.73. The molecular formula is C16H18O6. The first-order chi connectivity index (χ1) is 10.5. The van der Waals surface area contributed by atoms with Gasteiger partial charge in [0.15, 0.2) is 23.0 Å². The molecule has 1 unspecified atom stereocenters. The Morgan fingerprint density at radius 3 is 2.36 bits per heavy atom. The molecule has 1 aromatic heterocycles. The second-order valence-corrected chi connectivity index (χ2v) is 4.93. The van der Waals surface area contributed by atoms with Gasteiger partial charge in [-0.25, -0.2) is 0 Å². The molecule has 1 heterocycles. The SMILES string of the molecule is CCC(CC(=O)c1cc2cc(OC)c(OC)cc2o1)C(=O)O. The predicted octanol–water partition coefficient (Wildman–Crippen LogP) is 3.13. The van der Waals surface area contributed by atoms with Crippen LogP contribution in [0.4, 0.5) is 0 Å². The minimum absolute atomic E-state index is 0.0834. The lowest BCUT2D eigenvalue weighted by Crippen LogP contribution is -2.16. The topological polar surface area (TPSA) is 86.0 Å². The van der Waals surface area contributed by atoms with Crippen LogP contribution in [-0.2, 0) is 4.79 Å². The summed E-state index contributed by atoms with van der Waals surface area (Å²) in [6, 6.07) is 4.94. The fourth-order valence-electron chi connectivity index (χ4n) is 2.23. The smallest absolute Gasteiger partial charge is 0.306 e. The van der Waals surface area contributed by atoms with E-state index in [4.69, 9.17) is 19.0 Å². The molecule has 22 heavy (non-hydrogen) atoms. The van der Waals surface area contributed by atoms with Crippen LogP contribution in [0.2, 0.25) is 0 Å². The van der Waals surface area contributed by atoms with Gasteiger partial charge < -0.3 is 19.0 Å². The molecule has 0 aliphatic heterocycles. The molecule has 6 heteroatoms. The normalized spacial score (nSPS) is 12.1. The first kappa shape index (κ1) is 15.9. The number of rotatable bonds is 7. The lowest BCUT2D eigenvalue weighted by Gasteiger charge is -2.06. The fraction of sp³-hybridized carbons (Fsp3) is 0.375. The molecule has 2 aromatic rings. The maximum atomic E-state index is 12.2. The Morgan fingerprint density at radius 1 is 1.18 bits per heavy atom. The monoisotopic (exact) mass is 306 g/mol. The van der Waals surface area contributed by atoms with Gasteiger partial charge in [-0.2, -0.15) is 0 Å². The lowest BCUT2D eigenvalue weighted by atomic mass is 9.99. The van der Waals surface area contributed by atoms with Crippen molar-refractivity contribution < 1.29 is 28.6 Å². The molecule has 0 amide bonds. The standard InChI is InChI=1S/C16H18O6/c1-4-9(16(18)19)5-11(17)13-6-10-7-14(20-2)15(21-3)8-12(10)22-13/h6-9H,4-5H2,1-3H3,(H,18,19). The van der Waals surface area contributed by atoms with E-state index in [1.54, 1.807) is 25.1 Å². The second kappa shape index (κ2) is 6.51. The van der Waals surface area contributed by atoms with Crippen LogP contribution in [0.1, 0.15) is 30.3 Å². The summed E-state index contributed by atoms with van der Waals surface area (Å²) in [5.41, 5.74) is 0.490. The molecule has 0 spiro atoms. The van der Waals surface area contributed by atoms with Gasteiger partial charge in [0.2, 0.25) is 0 Å². The molecule has 0 bridgehead atoms. The van der Waals surface area contributed by atoms with Crippen LogP contribution in [0.3, 0.4) is 0 Å². The molecule has 2 rings (SSSR count). The predicted molar refractivity (Wildman–Crippen MR) is 79.7 cm³/mol. The van der Waals surface area contributed by atoms with E-state index in [-0.39, 0.29) is 18.0 Å². The molecule has 0 aliphatic carbocycles. The zero-order valence-corrected chi connectivity index (χ0v) is 12.7. The average Bonchev–Trinajstić information content (AvgIpc) is 2.93. The first-order valence-electron chi connectivity index (χ1n) is 6.91. The van der Waals surface area contributed by atoms with Crippen LogP contribution in [-0.4, -0.2) is 31.1 Å². The fourth-order valence-corrected chi connectivity index (χ4v) is 2.23. The van der Waals surface area contributed by atoms with E-state index in [2.05, 4.69) is 0 Å². The number of carboxylic acids is 1. The van der Waals surface area contributed by atoms with Crippen LogP contribution < -0.4 is 9.47 Å². The van der Waals surface area contributed by atoms with Crippen molar-refractivity contribution in [2.45, 2.75) is 19.8 Å². The van der Waals surface area contributed by atoms with Crippen molar-refractivity contribution in [2.24, 2.45) is 5.92 Å². The second-order valence-electron chi connectivity index (χ2n) is 4.93. The zero-order chi connectivity index (χ0) is 16.3. The number of Topliss-reactive ketones (excluding diaryl/α,β-unsaturated/α-hetero) is 1. The van der Waals surface area contributed by atoms with Crippen LogP contribution >= 0.6 is 0 Å². The van der Waals surface area contributed by atoms with E-state index >= 15 is 0 Å². The van der Waals surface area contributed by atoms with Gasteiger partial charge in [0.05, 0.1) is 20.1 Å². The molecule has 0 aliphatic rings. The van der Waals surface area contributed by atoms with Gasteiger partial charge >= 0.3 is 5.97 Å². The zero-order valence-electron chi connectivity index (χ0n) is 12.7. The Bertz CT molecular complexity index is 659. The number of carbonyl (C=O) groups is 2. The number of hydrogen-bond donors (Lipinski definition) is 1. The molecule has 0 saturated heterocycles. The third-order valence-corrected chi connectivity index (χ3v) is 3.57. The number of carboxylic acid groups (broad SMARTS) is 1. The Morgan fingerprint density at radius 2 is 1.82 bits per heavy atom. The van der Waals surface area contributed by atoms with Gasteiger partial charge in [-0.05, 0) is 18.6 Å². The summed E-state index contributed by atoms with van der Waals surface area (Å²) in [7, 11) is 3.03. The van der Waals surface area contributed by atoms with Crippen molar-refractivity contribution in [3.05, 3.63) is 24.0 Å². The minimum atomic E-state index is -0.977. The van der Waals surface area contributed by atoms with E-state index in [0.717, 1.165) is 0 Å². The number of furan rings is 1. The lowest BCUT2D eigenvalue weighted by molar-refractivity contribution is -0.141. The Hall–Kier alpha value is -2.50. The van der Waals surface area contributed by atoms with Crippen molar-refractivity contribution in [2.75, 3.05) is 14.2 Å². The summed E-state index contributed by atoms with van der Waals surface area (Å²) in [5.74, 6) is -0.833. The summed E-state index contributed by atoms with van der Waals surface area (Å²) in [6.45, 7) is 1.74. The highest BCUT2D eigenvalue weighted by atomic mass is 16.5. The molecule has 0 radical (unpaired) electrons. The highest BCUT2D eigenvalue weighted by Crippen LogP contribution is 2.34. The van der Waals surface area contributed by atoms with Crippen LogP contribution in [0.15, 0.2) is 22.6 Å². The van der Waals surface area contributed by atoms with Crippen molar-refractivity contribution in [1.82, 2.24) is 0 Å². The molecule has 1 aromatic carbocycles. The Kier molecular flexibility index (Phi) is 4.70. The van der Waals surface area contributed by atoms with Crippen molar-refractivity contribution >= 4 is 22.7 Å². The number of fused-ring (bicyclic) bond motifs is 1. The Balaban J connectivity index is 2.32. The van der Waals surface area contributed by atoms with E-state index in [1.807, 2.05) is 0 Å². The highest BCUT2D eigenvalue weighted by Gasteiger charge is 2.22. The van der Waals surface area contributed by atoms with Gasteiger partial charge in [0.1, 0.15) is 5.58 Å². The number of aliphatic carboxylic acids is 1. The first-order valence-corrected chi connectivity index (χ1v) is 6.91. The van der Waals surface area contributed by atoms with Gasteiger partial charge in [-0.1, -0.05) is 6.92 Å². The average molecular weight is 306 g/mol. The largest absolute Gasteiger partial charge is 0.493 e. The molecule has 118 valence electrons. The summed E-state index contributed by atoms with van der Waals surface area (Å²) >= 11 is 0. The number of ether oxygens (including phenoxy) is 2. The van der Waals surface area contributed by atoms with E-state index in [0.29, 0.717) is 28.9 Å². The molecule has 1 atom stereocenters. The third kappa shape index (κ3) is 3.05. The number of hydrogen-bond acceptors (Lipinski definition) is 5.